The number of carbonyl (C=O) groups is 1. The van der Waals surface area contributed by atoms with Gasteiger partial charge in [0.05, 0.1) is 6.54 Å². The van der Waals surface area contributed by atoms with Crippen molar-refractivity contribution >= 4 is 17.0 Å². The van der Waals surface area contributed by atoms with Crippen molar-refractivity contribution in [1.82, 2.24) is 14.8 Å². The number of benzene rings is 2. The number of likely N-dealkylation sites (tertiary alicyclic amines) is 1. The summed E-state index contributed by atoms with van der Waals surface area (Å²) in [7, 11) is 0. The predicted molar refractivity (Wildman–Crippen MR) is 146 cm³/mol. The average Bonchev–Trinajstić information content (AvgIpc) is 3.30. The number of ether oxygens (including phenoxy) is 1. The zero-order valence-corrected chi connectivity index (χ0v) is 21.9. The molecule has 5 heteroatoms. The Balaban J connectivity index is 1.21. The molecule has 0 bridgehead atoms. The molecule has 0 atom stereocenters. The molecule has 2 fully saturated rings. The quantitative estimate of drug-likeness (QED) is 0.393. The summed E-state index contributed by atoms with van der Waals surface area (Å²) in [5, 5.41) is 4.23. The number of fused-ring (bicyclic) bond motifs is 1. The Kier molecular flexibility index (Phi) is 7.96. The van der Waals surface area contributed by atoms with E-state index in [-0.39, 0.29) is 12.7 Å². The standard InChI is InChI=1S/C31H41N3O2/c1-23(2)25-12-14-27(15-13-25)33-18-16-28(17-19-33)34-29(20-26-10-6-7-11-30(26)34)21-32-31(35)36-22-24-8-4-3-5-9-24/h3-11,20,23,25,27-28H,12-19,21-22H2,1-2H3,(H,32,35). The SMILES string of the molecule is CC(C)C1CCC(N2CCC(n3c(CNC(=O)OCc4ccccc4)cc4ccccc43)CC2)CC1. The smallest absolute Gasteiger partial charge is 0.407 e. The van der Waals surface area contributed by atoms with Gasteiger partial charge in [-0.15, -0.1) is 0 Å². The summed E-state index contributed by atoms with van der Waals surface area (Å²) in [5.74, 6) is 1.74. The summed E-state index contributed by atoms with van der Waals surface area (Å²) in [5.41, 5.74) is 3.41. The average molecular weight is 488 g/mol. The van der Waals surface area contributed by atoms with Crippen molar-refractivity contribution in [3.05, 3.63) is 71.9 Å². The van der Waals surface area contributed by atoms with E-state index in [9.17, 15) is 4.79 Å². The van der Waals surface area contributed by atoms with Gasteiger partial charge in [-0.25, -0.2) is 4.79 Å². The lowest BCUT2D eigenvalue weighted by molar-refractivity contribution is 0.0888. The van der Waals surface area contributed by atoms with Crippen LogP contribution in [-0.4, -0.2) is 34.7 Å². The zero-order valence-electron chi connectivity index (χ0n) is 21.9. The van der Waals surface area contributed by atoms with Crippen molar-refractivity contribution in [3.8, 4) is 0 Å². The van der Waals surface area contributed by atoms with Gasteiger partial charge >= 0.3 is 6.09 Å². The lowest BCUT2D eigenvalue weighted by Crippen LogP contribution is -2.44. The van der Waals surface area contributed by atoms with Crippen LogP contribution in [0.4, 0.5) is 4.79 Å². The van der Waals surface area contributed by atoms with Crippen LogP contribution < -0.4 is 5.32 Å². The highest BCUT2D eigenvalue weighted by atomic mass is 16.5. The largest absolute Gasteiger partial charge is 0.445 e. The molecule has 1 aliphatic heterocycles. The minimum Gasteiger partial charge on any atom is -0.445 e. The van der Waals surface area contributed by atoms with Crippen molar-refractivity contribution in [3.63, 3.8) is 0 Å². The van der Waals surface area contributed by atoms with E-state index < -0.39 is 0 Å². The summed E-state index contributed by atoms with van der Waals surface area (Å²) in [6.45, 7) is 7.86. The van der Waals surface area contributed by atoms with Gasteiger partial charge in [-0.3, -0.25) is 0 Å². The monoisotopic (exact) mass is 487 g/mol. The minimum absolute atomic E-state index is 0.285. The van der Waals surface area contributed by atoms with Gasteiger partial charge in [0.2, 0.25) is 0 Å². The Morgan fingerprint density at radius 3 is 2.33 bits per heavy atom. The van der Waals surface area contributed by atoms with E-state index in [1.165, 1.54) is 49.7 Å². The number of rotatable bonds is 7. The molecule has 5 nitrogen and oxygen atoms in total. The van der Waals surface area contributed by atoms with Crippen molar-refractivity contribution in [2.75, 3.05) is 13.1 Å². The molecule has 1 aromatic heterocycles. The number of nitrogens with zero attached hydrogens (tertiary/aromatic N) is 2. The molecule has 2 heterocycles. The third-order valence-electron chi connectivity index (χ3n) is 8.52. The van der Waals surface area contributed by atoms with Gasteiger partial charge in [0.1, 0.15) is 6.61 Å². The van der Waals surface area contributed by atoms with Crippen LogP contribution >= 0.6 is 0 Å². The second-order valence-corrected chi connectivity index (χ2v) is 11.1. The van der Waals surface area contributed by atoms with Gasteiger partial charge in [0.25, 0.3) is 0 Å². The number of piperidine rings is 1. The lowest BCUT2D eigenvalue weighted by Gasteiger charge is -2.42. The van der Waals surface area contributed by atoms with Crippen LogP contribution in [-0.2, 0) is 17.9 Å². The molecular weight excluding hydrogens is 446 g/mol. The van der Waals surface area contributed by atoms with E-state index in [0.717, 1.165) is 42.0 Å². The van der Waals surface area contributed by atoms with E-state index in [2.05, 4.69) is 59.0 Å². The summed E-state index contributed by atoms with van der Waals surface area (Å²) in [4.78, 5) is 15.2. The fourth-order valence-electron chi connectivity index (χ4n) is 6.38. The number of alkyl carbamates (subject to hydrolysis) is 1. The fourth-order valence-corrected chi connectivity index (χ4v) is 6.38. The molecule has 36 heavy (non-hydrogen) atoms. The Labute approximate surface area is 215 Å². The molecule has 0 spiro atoms. The maximum atomic E-state index is 12.4. The van der Waals surface area contributed by atoms with E-state index in [4.69, 9.17) is 4.74 Å². The summed E-state index contributed by atoms with van der Waals surface area (Å²) in [6, 6.07) is 21.9. The topological polar surface area (TPSA) is 46.5 Å². The van der Waals surface area contributed by atoms with Crippen LogP contribution in [0, 0.1) is 11.8 Å². The number of nitrogens with one attached hydrogen (secondary N) is 1. The molecule has 1 saturated carbocycles. The van der Waals surface area contributed by atoms with Gasteiger partial charge < -0.3 is 19.5 Å². The molecule has 1 saturated heterocycles. The first-order valence-electron chi connectivity index (χ1n) is 13.9. The molecule has 3 aromatic rings. The zero-order chi connectivity index (χ0) is 24.9. The summed E-state index contributed by atoms with van der Waals surface area (Å²) >= 11 is 0. The molecule has 0 radical (unpaired) electrons. The van der Waals surface area contributed by atoms with E-state index in [0.29, 0.717) is 12.6 Å². The number of hydrogen-bond acceptors (Lipinski definition) is 3. The summed E-state index contributed by atoms with van der Waals surface area (Å²) < 4.78 is 7.93. The maximum absolute atomic E-state index is 12.4. The Hall–Kier alpha value is -2.79. The third kappa shape index (κ3) is 5.78. The number of carbonyl (C=O) groups excluding carboxylic acids is 1. The molecule has 2 aromatic carbocycles. The van der Waals surface area contributed by atoms with Crippen LogP contribution in [0.1, 0.15) is 69.7 Å². The first-order chi connectivity index (χ1) is 17.6. The van der Waals surface area contributed by atoms with Crippen LogP contribution in [0.15, 0.2) is 60.7 Å². The highest BCUT2D eigenvalue weighted by Crippen LogP contribution is 2.36. The molecule has 5 rings (SSSR count). The van der Waals surface area contributed by atoms with E-state index in [1.54, 1.807) is 0 Å². The lowest BCUT2D eigenvalue weighted by atomic mass is 9.79. The molecule has 2 aliphatic rings. The van der Waals surface area contributed by atoms with Crippen molar-refractivity contribution in [1.29, 1.82) is 0 Å². The van der Waals surface area contributed by atoms with Crippen LogP contribution in [0.25, 0.3) is 10.9 Å². The molecule has 1 aliphatic carbocycles. The Morgan fingerprint density at radius 2 is 1.61 bits per heavy atom. The Bertz CT molecular complexity index is 1120. The first-order valence-corrected chi connectivity index (χ1v) is 13.9. The number of hydrogen-bond donors (Lipinski definition) is 1. The molecular formula is C31H41N3O2. The van der Waals surface area contributed by atoms with Crippen molar-refractivity contribution in [2.45, 2.75) is 77.6 Å². The molecule has 1 N–H and O–H groups in total. The van der Waals surface area contributed by atoms with Gasteiger partial charge in [-0.2, -0.15) is 0 Å². The first kappa shape index (κ1) is 24.9. The second kappa shape index (κ2) is 11.5. The van der Waals surface area contributed by atoms with Gasteiger partial charge in [-0.05, 0) is 73.4 Å². The predicted octanol–water partition coefficient (Wildman–Crippen LogP) is 6.92. The van der Waals surface area contributed by atoms with Crippen LogP contribution in [0.5, 0.6) is 0 Å². The van der Waals surface area contributed by atoms with Gasteiger partial charge in [0.15, 0.2) is 0 Å². The molecule has 1 amide bonds. The Morgan fingerprint density at radius 1 is 0.917 bits per heavy atom. The van der Waals surface area contributed by atoms with Crippen LogP contribution in [0.2, 0.25) is 0 Å². The molecule has 192 valence electrons. The number of para-hydroxylation sites is 1. The fraction of sp³-hybridized carbons (Fsp3) is 0.516. The third-order valence-corrected chi connectivity index (χ3v) is 8.52. The van der Waals surface area contributed by atoms with Crippen molar-refractivity contribution in [2.24, 2.45) is 11.8 Å². The second-order valence-electron chi connectivity index (χ2n) is 11.1. The van der Waals surface area contributed by atoms with Gasteiger partial charge in [0, 0.05) is 36.4 Å². The summed E-state index contributed by atoms with van der Waals surface area (Å²) in [6.07, 6.45) is 7.45. The van der Waals surface area contributed by atoms with E-state index >= 15 is 0 Å². The highest BCUT2D eigenvalue weighted by molar-refractivity contribution is 5.81. The minimum atomic E-state index is -0.373. The molecule has 0 unspecified atom stereocenters. The number of aromatic nitrogens is 1. The number of amides is 1. The van der Waals surface area contributed by atoms with Crippen LogP contribution in [0.3, 0.4) is 0 Å². The normalized spacial score (nSPS) is 21.6. The van der Waals surface area contributed by atoms with Gasteiger partial charge in [-0.1, -0.05) is 62.4 Å². The van der Waals surface area contributed by atoms with Crippen molar-refractivity contribution < 1.29 is 9.53 Å². The highest BCUT2D eigenvalue weighted by Gasteiger charge is 2.31. The maximum Gasteiger partial charge on any atom is 0.407 e. The van der Waals surface area contributed by atoms with E-state index in [1.807, 2.05) is 30.3 Å².